The monoisotopic (exact) mass is 478 g/mol. The molecule has 2 bridgehead atoms. The molecule has 0 aromatic carbocycles. The molecule has 0 unspecified atom stereocenters. The summed E-state index contributed by atoms with van der Waals surface area (Å²) in [6.07, 6.45) is 17.4. The molecular formula is C29H38N2O4. The Hall–Kier alpha value is -2.63. The Balaban J connectivity index is 1.46. The highest BCUT2D eigenvalue weighted by atomic mass is 16.3. The zero-order valence-electron chi connectivity index (χ0n) is 20.8. The molecule has 188 valence electrons. The number of Topliss-reactive ketones (excluding diaryl/α,β-unsaturated/α-hetero) is 1. The highest BCUT2D eigenvalue weighted by molar-refractivity contribution is 6.27. The van der Waals surface area contributed by atoms with Gasteiger partial charge in [-0.05, 0) is 91.6 Å². The first kappa shape index (κ1) is 24.1. The Kier molecular flexibility index (Phi) is 6.73. The van der Waals surface area contributed by atoms with Gasteiger partial charge in [0.1, 0.15) is 11.3 Å². The Morgan fingerprint density at radius 3 is 2.57 bits per heavy atom. The minimum absolute atomic E-state index is 0.117. The minimum Gasteiger partial charge on any atom is -0.507 e. The van der Waals surface area contributed by atoms with Crippen LogP contribution in [0.25, 0.3) is 0 Å². The van der Waals surface area contributed by atoms with Crippen molar-refractivity contribution in [2.45, 2.75) is 58.4 Å². The van der Waals surface area contributed by atoms with Gasteiger partial charge in [0, 0.05) is 6.54 Å². The molecule has 0 radical (unpaired) electrons. The average molecular weight is 479 g/mol. The van der Waals surface area contributed by atoms with E-state index in [9.17, 15) is 19.5 Å². The number of hydrogen-bond donors (Lipinski definition) is 3. The van der Waals surface area contributed by atoms with Crippen molar-refractivity contribution in [3.63, 3.8) is 0 Å². The Bertz CT molecular complexity index is 1010. The fourth-order valence-electron chi connectivity index (χ4n) is 7.92. The van der Waals surface area contributed by atoms with Gasteiger partial charge < -0.3 is 15.7 Å². The van der Waals surface area contributed by atoms with Crippen LogP contribution < -0.4 is 10.6 Å². The molecule has 6 nitrogen and oxygen atoms in total. The smallest absolute Gasteiger partial charge is 0.259 e. The number of ketones is 1. The fraction of sp³-hybridized carbons (Fsp3) is 0.621. The quantitative estimate of drug-likeness (QED) is 0.392. The van der Waals surface area contributed by atoms with Crippen molar-refractivity contribution < 1.29 is 19.5 Å². The van der Waals surface area contributed by atoms with Crippen LogP contribution in [0.15, 0.2) is 47.8 Å². The topological polar surface area (TPSA) is 95.5 Å². The molecular weight excluding hydrogens is 440 g/mol. The molecule has 3 N–H and O–H groups in total. The number of allylic oxidation sites excluding steroid dienone is 5. The van der Waals surface area contributed by atoms with Crippen LogP contribution >= 0.6 is 0 Å². The number of amides is 2. The lowest BCUT2D eigenvalue weighted by molar-refractivity contribution is -0.118. The van der Waals surface area contributed by atoms with Crippen molar-refractivity contribution in [1.29, 1.82) is 0 Å². The summed E-state index contributed by atoms with van der Waals surface area (Å²) in [5.41, 5.74) is -0.135. The maximum atomic E-state index is 12.8. The van der Waals surface area contributed by atoms with E-state index in [2.05, 4.69) is 36.6 Å². The summed E-state index contributed by atoms with van der Waals surface area (Å²) in [5.74, 6) is 3.16. The predicted octanol–water partition coefficient (Wildman–Crippen LogP) is 4.02. The first-order valence-corrected chi connectivity index (χ1v) is 13.5. The second kappa shape index (κ2) is 9.79. The van der Waals surface area contributed by atoms with Crippen LogP contribution in [0.2, 0.25) is 0 Å². The molecule has 35 heavy (non-hydrogen) atoms. The van der Waals surface area contributed by atoms with E-state index in [0.29, 0.717) is 49.0 Å². The Morgan fingerprint density at radius 1 is 1.00 bits per heavy atom. The van der Waals surface area contributed by atoms with Crippen LogP contribution in [-0.4, -0.2) is 35.3 Å². The lowest BCUT2D eigenvalue weighted by atomic mass is 9.69. The first-order chi connectivity index (χ1) is 16.9. The molecule has 6 heteroatoms. The number of hydrogen-bond acceptors (Lipinski definition) is 4. The summed E-state index contributed by atoms with van der Waals surface area (Å²) in [7, 11) is 0. The van der Waals surface area contributed by atoms with E-state index in [1.54, 1.807) is 12.2 Å². The lowest BCUT2D eigenvalue weighted by Crippen LogP contribution is -2.31. The van der Waals surface area contributed by atoms with Gasteiger partial charge >= 0.3 is 0 Å². The van der Waals surface area contributed by atoms with Gasteiger partial charge in [-0.3, -0.25) is 14.4 Å². The van der Waals surface area contributed by atoms with E-state index in [1.807, 2.05) is 12.2 Å². The molecule has 9 atom stereocenters. The lowest BCUT2D eigenvalue weighted by Gasteiger charge is -2.35. The van der Waals surface area contributed by atoms with Crippen molar-refractivity contribution in [3.8, 4) is 0 Å². The third-order valence-electron chi connectivity index (χ3n) is 9.52. The summed E-state index contributed by atoms with van der Waals surface area (Å²) in [6, 6.07) is -0.645. The van der Waals surface area contributed by atoms with Crippen LogP contribution in [0.5, 0.6) is 0 Å². The molecule has 5 rings (SSSR count). The summed E-state index contributed by atoms with van der Waals surface area (Å²) in [6.45, 7) is 5.14. The summed E-state index contributed by atoms with van der Waals surface area (Å²) in [4.78, 5) is 37.6. The molecule has 3 fully saturated rings. The third kappa shape index (κ3) is 4.41. The highest BCUT2D eigenvalue weighted by Gasteiger charge is 2.52. The SMILES string of the molecule is CC[C@H]1[C@@H]2C=C[C@@H]3[C@H]4C/C=C/C(=O)NCCC[C@@H]5NC(=O)C(=C(O)/C=C/[C@@H]4C[C@@H]3[C@H]2C[C@H]1C)C5=O. The van der Waals surface area contributed by atoms with Gasteiger partial charge in [-0.1, -0.05) is 44.6 Å². The Morgan fingerprint density at radius 2 is 1.77 bits per heavy atom. The Labute approximate surface area is 208 Å². The maximum Gasteiger partial charge on any atom is 0.259 e. The van der Waals surface area contributed by atoms with Crippen molar-refractivity contribution >= 4 is 17.6 Å². The number of fused-ring (bicyclic) bond motifs is 7. The van der Waals surface area contributed by atoms with Gasteiger partial charge in [-0.25, -0.2) is 0 Å². The third-order valence-corrected chi connectivity index (χ3v) is 9.52. The van der Waals surface area contributed by atoms with E-state index < -0.39 is 11.9 Å². The van der Waals surface area contributed by atoms with Crippen LogP contribution in [-0.2, 0) is 14.4 Å². The molecule has 0 spiro atoms. The standard InChI is InChI=1S/C29H38N2O4/c1-3-18-16(2)14-22-20(18)10-11-21-19-6-4-8-26(33)30-13-5-7-24-28(34)27(29(35)31-24)25(32)12-9-17(19)15-23(21)22/h4,8-12,16-24,32H,3,5-7,13-15H2,1-2H3,(H,30,33)(H,31,35)/b8-4+,12-9+,27-25?/t16-,17-,18-,19+,20+,21-,22+,23+,24+/m1/s1. The van der Waals surface area contributed by atoms with E-state index in [0.717, 1.165) is 24.7 Å². The van der Waals surface area contributed by atoms with Crippen molar-refractivity contribution in [2.24, 2.45) is 47.3 Å². The predicted molar refractivity (Wildman–Crippen MR) is 134 cm³/mol. The van der Waals surface area contributed by atoms with Crippen molar-refractivity contribution in [3.05, 3.63) is 47.8 Å². The first-order valence-electron chi connectivity index (χ1n) is 13.5. The van der Waals surface area contributed by atoms with Gasteiger partial charge in [0.25, 0.3) is 5.91 Å². The van der Waals surface area contributed by atoms with Crippen LogP contribution in [0.3, 0.4) is 0 Å². The van der Waals surface area contributed by atoms with Gasteiger partial charge in [0.2, 0.25) is 5.91 Å². The molecule has 0 aromatic heterocycles. The fourth-order valence-corrected chi connectivity index (χ4v) is 7.92. The number of aliphatic hydroxyl groups is 1. The molecule has 0 aromatic rings. The largest absolute Gasteiger partial charge is 0.507 e. The highest BCUT2D eigenvalue weighted by Crippen LogP contribution is 2.59. The van der Waals surface area contributed by atoms with Crippen LogP contribution in [0.1, 0.15) is 52.4 Å². The maximum absolute atomic E-state index is 12.8. The van der Waals surface area contributed by atoms with Gasteiger partial charge in [0.05, 0.1) is 6.04 Å². The molecule has 2 heterocycles. The van der Waals surface area contributed by atoms with Gasteiger partial charge in [-0.2, -0.15) is 0 Å². The van der Waals surface area contributed by atoms with E-state index in [1.165, 1.54) is 12.8 Å². The molecule has 2 amide bonds. The molecule has 2 saturated carbocycles. The molecule has 1 saturated heterocycles. The molecule has 2 aliphatic heterocycles. The molecule has 5 aliphatic rings. The van der Waals surface area contributed by atoms with E-state index in [4.69, 9.17) is 0 Å². The zero-order chi connectivity index (χ0) is 24.7. The van der Waals surface area contributed by atoms with E-state index in [-0.39, 0.29) is 28.9 Å². The minimum atomic E-state index is -0.645. The second-order valence-corrected chi connectivity index (χ2v) is 11.3. The number of aliphatic hydroxyl groups excluding tert-OH is 1. The number of carbonyl (C=O) groups excluding carboxylic acids is 3. The average Bonchev–Trinajstić information content (AvgIpc) is 3.44. The summed E-state index contributed by atoms with van der Waals surface area (Å²) >= 11 is 0. The van der Waals surface area contributed by atoms with E-state index >= 15 is 0 Å². The molecule has 3 aliphatic carbocycles. The summed E-state index contributed by atoms with van der Waals surface area (Å²) < 4.78 is 0. The zero-order valence-corrected chi connectivity index (χ0v) is 20.8. The van der Waals surface area contributed by atoms with Gasteiger partial charge in [-0.15, -0.1) is 0 Å². The van der Waals surface area contributed by atoms with Gasteiger partial charge in [0.15, 0.2) is 5.78 Å². The number of rotatable bonds is 1. The van der Waals surface area contributed by atoms with Crippen molar-refractivity contribution in [1.82, 2.24) is 10.6 Å². The second-order valence-electron chi connectivity index (χ2n) is 11.3. The number of nitrogens with one attached hydrogen (secondary N) is 2. The normalized spacial score (nSPS) is 43.3. The summed E-state index contributed by atoms with van der Waals surface area (Å²) in [5, 5.41) is 16.3. The van der Waals surface area contributed by atoms with Crippen LogP contribution in [0, 0.1) is 47.3 Å². The van der Waals surface area contributed by atoms with Crippen molar-refractivity contribution in [2.75, 3.05) is 6.54 Å². The number of carbonyl (C=O) groups is 3. The van der Waals surface area contributed by atoms with Crippen LogP contribution in [0.4, 0.5) is 0 Å².